The molecule has 0 fully saturated rings. The molecule has 0 radical (unpaired) electrons. The Hall–Kier alpha value is -2.56. The normalized spacial score (nSPS) is 17.6. The third-order valence-corrected chi connectivity index (χ3v) is 6.39. The highest BCUT2D eigenvalue weighted by Gasteiger charge is 2.23. The summed E-state index contributed by atoms with van der Waals surface area (Å²) >= 11 is 1.81. The van der Waals surface area contributed by atoms with Gasteiger partial charge in [0.15, 0.2) is 0 Å². The van der Waals surface area contributed by atoms with E-state index in [1.165, 1.54) is 26.8 Å². The van der Waals surface area contributed by atoms with Gasteiger partial charge in [0.1, 0.15) is 0 Å². The Kier molecular flexibility index (Phi) is 4.23. The third kappa shape index (κ3) is 3.15. The lowest BCUT2D eigenvalue weighted by atomic mass is 9.85. The molecule has 0 amide bonds. The molecule has 2 aromatic carbocycles. The van der Waals surface area contributed by atoms with Gasteiger partial charge >= 0.3 is 0 Å². The van der Waals surface area contributed by atoms with E-state index in [0.717, 1.165) is 30.8 Å². The average Bonchev–Trinajstić information content (AvgIpc) is 3.10. The van der Waals surface area contributed by atoms with Crippen LogP contribution in [-0.4, -0.2) is 28.5 Å². The van der Waals surface area contributed by atoms with Gasteiger partial charge in [0.2, 0.25) is 0 Å². The number of rotatable bonds is 2. The molecule has 0 saturated carbocycles. The second kappa shape index (κ2) is 6.87. The van der Waals surface area contributed by atoms with E-state index in [0.29, 0.717) is 5.92 Å². The Labute approximate surface area is 163 Å². The van der Waals surface area contributed by atoms with Crippen LogP contribution in [0.4, 0.5) is 0 Å². The summed E-state index contributed by atoms with van der Waals surface area (Å²) in [6, 6.07) is 16.0. The Morgan fingerprint density at radius 3 is 2.93 bits per heavy atom. The largest absolute Gasteiger partial charge is 0.302 e. The lowest BCUT2D eigenvalue weighted by molar-refractivity contribution is 0.328. The van der Waals surface area contributed by atoms with E-state index in [-0.39, 0.29) is 0 Å². The number of hydrogen-bond acceptors (Lipinski definition) is 4. The predicted octanol–water partition coefficient (Wildman–Crippen LogP) is 5.33. The molecule has 3 heterocycles. The fourth-order valence-corrected chi connectivity index (χ4v) is 4.88. The zero-order valence-electron chi connectivity index (χ0n) is 15.3. The first-order chi connectivity index (χ1) is 13.3. The number of aromatic nitrogens is 2. The molecule has 4 aromatic rings. The second-order valence-corrected chi connectivity index (χ2v) is 8.25. The summed E-state index contributed by atoms with van der Waals surface area (Å²) in [4.78, 5) is 11.1. The Morgan fingerprint density at radius 2 is 2.04 bits per heavy atom. The highest BCUT2D eigenvalue weighted by atomic mass is 32.1. The zero-order chi connectivity index (χ0) is 18.2. The number of benzene rings is 2. The van der Waals surface area contributed by atoms with Crippen LogP contribution in [-0.2, 0) is 6.54 Å². The maximum Gasteiger partial charge on any atom is 0.0885 e. The molecule has 27 heavy (non-hydrogen) atoms. The molecular weight excluding hydrogens is 350 g/mol. The number of fused-ring (bicyclic) bond motifs is 2. The minimum Gasteiger partial charge on any atom is -0.302 e. The lowest BCUT2D eigenvalue weighted by Gasteiger charge is -2.19. The predicted molar refractivity (Wildman–Crippen MR) is 112 cm³/mol. The molecule has 0 saturated heterocycles. The van der Waals surface area contributed by atoms with E-state index in [2.05, 4.69) is 69.8 Å². The molecule has 0 N–H and O–H groups in total. The SMILES string of the molecule is CN1CCC(c2ccc3sccc3c2)c2ccc(-c3cnccn3)cc2C1. The van der Waals surface area contributed by atoms with Crippen molar-refractivity contribution in [2.45, 2.75) is 18.9 Å². The minimum atomic E-state index is 0.435. The fourth-order valence-electron chi connectivity index (χ4n) is 4.11. The zero-order valence-corrected chi connectivity index (χ0v) is 16.1. The van der Waals surface area contributed by atoms with Gasteiger partial charge in [-0.25, -0.2) is 0 Å². The number of thiophene rings is 1. The molecule has 4 heteroatoms. The quantitative estimate of drug-likeness (QED) is 0.477. The van der Waals surface area contributed by atoms with Crippen LogP contribution in [0.3, 0.4) is 0 Å². The van der Waals surface area contributed by atoms with Gasteiger partial charge in [-0.05, 0) is 71.7 Å². The summed E-state index contributed by atoms with van der Waals surface area (Å²) in [6.45, 7) is 2.07. The number of nitrogens with zero attached hydrogens (tertiary/aromatic N) is 3. The molecule has 3 nitrogen and oxygen atoms in total. The van der Waals surface area contributed by atoms with Crippen molar-refractivity contribution < 1.29 is 0 Å². The maximum atomic E-state index is 4.47. The molecule has 5 rings (SSSR count). The second-order valence-electron chi connectivity index (χ2n) is 7.30. The van der Waals surface area contributed by atoms with Gasteiger partial charge in [-0.2, -0.15) is 0 Å². The van der Waals surface area contributed by atoms with E-state index >= 15 is 0 Å². The van der Waals surface area contributed by atoms with Crippen molar-refractivity contribution in [3.05, 3.63) is 83.1 Å². The van der Waals surface area contributed by atoms with Gasteiger partial charge in [0.05, 0.1) is 11.9 Å². The van der Waals surface area contributed by atoms with E-state index in [4.69, 9.17) is 0 Å². The van der Waals surface area contributed by atoms with Crippen LogP contribution in [0.5, 0.6) is 0 Å². The molecule has 134 valence electrons. The molecule has 0 spiro atoms. The summed E-state index contributed by atoms with van der Waals surface area (Å²) in [6.07, 6.45) is 6.46. The Morgan fingerprint density at radius 1 is 1.07 bits per heavy atom. The molecule has 0 aliphatic carbocycles. The molecule has 1 aliphatic heterocycles. The van der Waals surface area contributed by atoms with Gasteiger partial charge in [-0.1, -0.05) is 18.2 Å². The van der Waals surface area contributed by atoms with Crippen LogP contribution < -0.4 is 0 Å². The van der Waals surface area contributed by atoms with Crippen molar-refractivity contribution in [1.82, 2.24) is 14.9 Å². The fraction of sp³-hybridized carbons (Fsp3) is 0.217. The van der Waals surface area contributed by atoms with E-state index in [1.54, 1.807) is 12.4 Å². The molecular formula is C23H21N3S. The standard InChI is InChI=1S/C23H21N3S/c1-26-10-6-21(16-3-5-23-18(12-16)7-11-27-23)20-4-2-17(13-19(20)15-26)22-14-24-8-9-25-22/h2-5,7-9,11-14,21H,6,10,15H2,1H3. The van der Waals surface area contributed by atoms with E-state index < -0.39 is 0 Å². The van der Waals surface area contributed by atoms with Gasteiger partial charge in [-0.15, -0.1) is 11.3 Å². The highest BCUT2D eigenvalue weighted by molar-refractivity contribution is 7.17. The van der Waals surface area contributed by atoms with Crippen LogP contribution in [0, 0.1) is 0 Å². The van der Waals surface area contributed by atoms with Crippen molar-refractivity contribution >= 4 is 21.4 Å². The monoisotopic (exact) mass is 371 g/mol. The summed E-state index contributed by atoms with van der Waals surface area (Å²) in [5.41, 5.74) is 6.34. The van der Waals surface area contributed by atoms with Gasteiger partial charge in [0, 0.05) is 35.1 Å². The molecule has 0 bridgehead atoms. The average molecular weight is 372 g/mol. The smallest absolute Gasteiger partial charge is 0.0885 e. The van der Waals surface area contributed by atoms with Crippen molar-refractivity contribution in [2.24, 2.45) is 0 Å². The Balaban J connectivity index is 1.60. The summed E-state index contributed by atoms with van der Waals surface area (Å²) in [5, 5.41) is 3.53. The highest BCUT2D eigenvalue weighted by Crippen LogP contribution is 2.37. The summed E-state index contributed by atoms with van der Waals surface area (Å²) < 4.78 is 1.36. The van der Waals surface area contributed by atoms with E-state index in [1.807, 2.05) is 17.5 Å². The van der Waals surface area contributed by atoms with Crippen molar-refractivity contribution in [1.29, 1.82) is 0 Å². The summed E-state index contributed by atoms with van der Waals surface area (Å²) in [7, 11) is 2.21. The lowest BCUT2D eigenvalue weighted by Crippen LogP contribution is -2.17. The third-order valence-electron chi connectivity index (χ3n) is 5.50. The topological polar surface area (TPSA) is 29.0 Å². The number of hydrogen-bond donors (Lipinski definition) is 0. The minimum absolute atomic E-state index is 0.435. The van der Waals surface area contributed by atoms with Crippen LogP contribution in [0.15, 0.2) is 66.4 Å². The van der Waals surface area contributed by atoms with Crippen LogP contribution in [0.1, 0.15) is 29.0 Å². The van der Waals surface area contributed by atoms with Gasteiger partial charge in [-0.3, -0.25) is 9.97 Å². The molecule has 1 unspecified atom stereocenters. The first-order valence-corrected chi connectivity index (χ1v) is 10.2. The van der Waals surface area contributed by atoms with Crippen LogP contribution in [0.2, 0.25) is 0 Å². The first-order valence-electron chi connectivity index (χ1n) is 9.33. The summed E-state index contributed by atoms with van der Waals surface area (Å²) in [5.74, 6) is 0.435. The van der Waals surface area contributed by atoms with E-state index in [9.17, 15) is 0 Å². The van der Waals surface area contributed by atoms with Crippen LogP contribution >= 0.6 is 11.3 Å². The van der Waals surface area contributed by atoms with Gasteiger partial charge < -0.3 is 4.90 Å². The van der Waals surface area contributed by atoms with Crippen molar-refractivity contribution in [3.63, 3.8) is 0 Å². The Bertz CT molecular complexity index is 1090. The van der Waals surface area contributed by atoms with Crippen molar-refractivity contribution in [2.75, 3.05) is 13.6 Å². The van der Waals surface area contributed by atoms with Crippen LogP contribution in [0.25, 0.3) is 21.3 Å². The maximum absolute atomic E-state index is 4.47. The molecule has 2 aromatic heterocycles. The van der Waals surface area contributed by atoms with Crippen molar-refractivity contribution in [3.8, 4) is 11.3 Å². The first kappa shape index (κ1) is 16.6. The molecule has 1 aliphatic rings. The van der Waals surface area contributed by atoms with Gasteiger partial charge in [0.25, 0.3) is 0 Å². The molecule has 1 atom stereocenters.